The van der Waals surface area contributed by atoms with E-state index in [1.54, 1.807) is 18.7 Å². The van der Waals surface area contributed by atoms with E-state index < -0.39 is 10.0 Å². The minimum absolute atomic E-state index is 0.170. The Balaban J connectivity index is 1.51. The van der Waals surface area contributed by atoms with Gasteiger partial charge in [0.15, 0.2) is 0 Å². The van der Waals surface area contributed by atoms with E-state index in [1.165, 1.54) is 4.31 Å². The van der Waals surface area contributed by atoms with E-state index in [0.29, 0.717) is 74.5 Å². The fraction of sp³-hybridized carbons (Fsp3) is 0.500. The van der Waals surface area contributed by atoms with Crippen molar-refractivity contribution in [1.29, 1.82) is 0 Å². The molecule has 0 aliphatic carbocycles. The first-order chi connectivity index (χ1) is 15.2. The Bertz CT molecular complexity index is 1120. The molecule has 2 fully saturated rings. The van der Waals surface area contributed by atoms with Crippen LogP contribution < -0.4 is 4.90 Å². The molecule has 2 saturated heterocycles. The zero-order chi connectivity index (χ0) is 23.0. The van der Waals surface area contributed by atoms with Crippen LogP contribution in [0.4, 0.5) is 5.69 Å². The Kier molecular flexibility index (Phi) is 6.53. The molecule has 0 bridgehead atoms. The number of morpholine rings is 1. The molecule has 8 nitrogen and oxygen atoms in total. The number of anilines is 1. The second-order valence-electron chi connectivity index (χ2n) is 8.31. The normalized spacial score (nSPS) is 18.2. The van der Waals surface area contributed by atoms with Gasteiger partial charge in [-0.05, 0) is 44.0 Å². The molecule has 2 aromatic rings. The van der Waals surface area contributed by atoms with Crippen LogP contribution in [0.2, 0.25) is 5.02 Å². The van der Waals surface area contributed by atoms with Gasteiger partial charge in [-0.2, -0.15) is 4.31 Å². The Labute approximate surface area is 194 Å². The molecule has 4 rings (SSSR count). The number of aromatic nitrogens is 1. The molecule has 0 radical (unpaired) electrons. The summed E-state index contributed by atoms with van der Waals surface area (Å²) >= 11 is 6.17. The van der Waals surface area contributed by atoms with Gasteiger partial charge < -0.3 is 19.5 Å². The third-order valence-electron chi connectivity index (χ3n) is 6.23. The van der Waals surface area contributed by atoms with Crippen molar-refractivity contribution >= 4 is 33.2 Å². The number of aromatic amines is 1. The first kappa shape index (κ1) is 23.1. The number of rotatable bonds is 4. The highest BCUT2D eigenvalue weighted by Crippen LogP contribution is 2.29. The summed E-state index contributed by atoms with van der Waals surface area (Å²) in [5.74, 6) is -0.170. The summed E-state index contributed by atoms with van der Waals surface area (Å²) < 4.78 is 33.1. The summed E-state index contributed by atoms with van der Waals surface area (Å²) in [5, 5.41) is 0.690. The van der Waals surface area contributed by atoms with Gasteiger partial charge in [0.25, 0.3) is 5.91 Å². The van der Waals surface area contributed by atoms with Crippen LogP contribution in [0.5, 0.6) is 0 Å². The second kappa shape index (κ2) is 9.05. The standard InChI is InChI=1S/C22H29ClN4O4S/c1-15-4-5-18(23)14-19(15)25-6-8-26(9-7-25)22(28)20-16(2)21(17(3)24-20)32(29,30)27-10-12-31-13-11-27/h4-5,14,24H,6-13H2,1-3H3. The number of ether oxygens (including phenoxy) is 1. The molecule has 0 saturated carbocycles. The topological polar surface area (TPSA) is 86.0 Å². The largest absolute Gasteiger partial charge is 0.379 e. The summed E-state index contributed by atoms with van der Waals surface area (Å²) in [4.78, 5) is 20.5. The smallest absolute Gasteiger partial charge is 0.270 e. The lowest BCUT2D eigenvalue weighted by atomic mass is 10.1. The van der Waals surface area contributed by atoms with Crippen molar-refractivity contribution in [3.8, 4) is 0 Å². The average molecular weight is 481 g/mol. The summed E-state index contributed by atoms with van der Waals surface area (Å²) in [5.41, 5.74) is 3.54. The van der Waals surface area contributed by atoms with Crippen LogP contribution in [0.1, 0.15) is 27.3 Å². The predicted octanol–water partition coefficient (Wildman–Crippen LogP) is 2.58. The van der Waals surface area contributed by atoms with Gasteiger partial charge in [-0.25, -0.2) is 8.42 Å². The number of benzene rings is 1. The quantitative estimate of drug-likeness (QED) is 0.726. The molecule has 0 unspecified atom stereocenters. The number of H-pyrrole nitrogens is 1. The average Bonchev–Trinajstić information content (AvgIpc) is 3.10. The van der Waals surface area contributed by atoms with Gasteiger partial charge in [0.05, 0.1) is 13.2 Å². The van der Waals surface area contributed by atoms with Gasteiger partial charge >= 0.3 is 0 Å². The van der Waals surface area contributed by atoms with E-state index >= 15 is 0 Å². The molecule has 2 aliphatic heterocycles. The Morgan fingerprint density at radius 3 is 2.34 bits per heavy atom. The number of halogens is 1. The molecule has 1 amide bonds. The summed E-state index contributed by atoms with van der Waals surface area (Å²) in [6, 6.07) is 5.82. The molecule has 32 heavy (non-hydrogen) atoms. The highest BCUT2D eigenvalue weighted by atomic mass is 35.5. The third-order valence-corrected chi connectivity index (χ3v) is 8.64. The van der Waals surface area contributed by atoms with Crippen molar-refractivity contribution in [3.63, 3.8) is 0 Å². The zero-order valence-corrected chi connectivity index (χ0v) is 20.2. The van der Waals surface area contributed by atoms with Crippen LogP contribution in [-0.4, -0.2) is 81.0 Å². The van der Waals surface area contributed by atoms with Crippen molar-refractivity contribution in [2.75, 3.05) is 57.4 Å². The fourth-order valence-corrected chi connectivity index (χ4v) is 6.46. The maximum absolute atomic E-state index is 13.3. The first-order valence-electron chi connectivity index (χ1n) is 10.8. The molecular formula is C22H29ClN4O4S. The van der Waals surface area contributed by atoms with Crippen LogP contribution >= 0.6 is 11.6 Å². The van der Waals surface area contributed by atoms with E-state index in [2.05, 4.69) is 9.88 Å². The monoisotopic (exact) mass is 480 g/mol. The fourth-order valence-electron chi connectivity index (χ4n) is 4.48. The van der Waals surface area contributed by atoms with Crippen molar-refractivity contribution in [2.45, 2.75) is 25.7 Å². The Morgan fingerprint density at radius 2 is 1.69 bits per heavy atom. The first-order valence-corrected chi connectivity index (χ1v) is 12.6. The van der Waals surface area contributed by atoms with Crippen LogP contribution in [0.15, 0.2) is 23.1 Å². The highest BCUT2D eigenvalue weighted by Gasteiger charge is 2.34. The van der Waals surface area contributed by atoms with Crippen molar-refractivity contribution in [2.24, 2.45) is 0 Å². The van der Waals surface area contributed by atoms with E-state index in [1.807, 2.05) is 25.1 Å². The zero-order valence-electron chi connectivity index (χ0n) is 18.6. The van der Waals surface area contributed by atoms with Gasteiger partial charge in [-0.1, -0.05) is 17.7 Å². The number of nitrogens with one attached hydrogen (secondary N) is 1. The molecule has 1 N–H and O–H groups in total. The summed E-state index contributed by atoms with van der Waals surface area (Å²) in [7, 11) is -3.69. The third kappa shape index (κ3) is 4.26. The lowest BCUT2D eigenvalue weighted by Crippen LogP contribution is -2.49. The number of hydrogen-bond acceptors (Lipinski definition) is 5. The number of sulfonamides is 1. The molecule has 1 aromatic carbocycles. The summed E-state index contributed by atoms with van der Waals surface area (Å²) in [6.07, 6.45) is 0. The van der Waals surface area contributed by atoms with E-state index in [-0.39, 0.29) is 10.8 Å². The maximum atomic E-state index is 13.3. The van der Waals surface area contributed by atoms with Gasteiger partial charge in [-0.3, -0.25) is 4.79 Å². The molecule has 174 valence electrons. The number of amides is 1. The van der Waals surface area contributed by atoms with Crippen LogP contribution in [0.3, 0.4) is 0 Å². The SMILES string of the molecule is Cc1ccc(Cl)cc1N1CCN(C(=O)c2[nH]c(C)c(S(=O)(=O)N3CCOCC3)c2C)CC1. The number of nitrogens with zero attached hydrogens (tertiary/aromatic N) is 3. The van der Waals surface area contributed by atoms with Gasteiger partial charge in [0.1, 0.15) is 10.6 Å². The molecule has 1 aromatic heterocycles. The molecule has 10 heteroatoms. The predicted molar refractivity (Wildman–Crippen MR) is 124 cm³/mol. The number of piperazine rings is 1. The van der Waals surface area contributed by atoms with Gasteiger partial charge in [0.2, 0.25) is 10.0 Å². The minimum atomic E-state index is -3.69. The number of carbonyl (C=O) groups excluding carboxylic acids is 1. The van der Waals surface area contributed by atoms with Crippen molar-refractivity contribution in [1.82, 2.24) is 14.2 Å². The maximum Gasteiger partial charge on any atom is 0.270 e. The molecule has 0 atom stereocenters. The van der Waals surface area contributed by atoms with E-state index in [4.69, 9.17) is 16.3 Å². The molecule has 0 spiro atoms. The van der Waals surface area contributed by atoms with E-state index in [9.17, 15) is 13.2 Å². The van der Waals surface area contributed by atoms with Crippen LogP contribution in [0, 0.1) is 20.8 Å². The second-order valence-corrected chi connectivity index (χ2v) is 10.6. The minimum Gasteiger partial charge on any atom is -0.379 e. The van der Waals surface area contributed by atoms with Crippen LogP contribution in [-0.2, 0) is 14.8 Å². The van der Waals surface area contributed by atoms with Gasteiger partial charge in [-0.15, -0.1) is 0 Å². The molecular weight excluding hydrogens is 452 g/mol. The lowest BCUT2D eigenvalue weighted by Gasteiger charge is -2.36. The van der Waals surface area contributed by atoms with Gasteiger partial charge in [0, 0.05) is 55.7 Å². The number of hydrogen-bond donors (Lipinski definition) is 1. The Morgan fingerprint density at radius 1 is 1.03 bits per heavy atom. The van der Waals surface area contributed by atoms with Crippen LogP contribution in [0.25, 0.3) is 0 Å². The number of carbonyl (C=O) groups is 1. The van der Waals surface area contributed by atoms with Crippen molar-refractivity contribution in [3.05, 3.63) is 45.7 Å². The Hall–Kier alpha value is -2.07. The summed E-state index contributed by atoms with van der Waals surface area (Å²) in [6.45, 7) is 9.32. The number of aryl methyl sites for hydroxylation is 2. The lowest BCUT2D eigenvalue weighted by molar-refractivity contribution is 0.0729. The highest BCUT2D eigenvalue weighted by molar-refractivity contribution is 7.89. The molecule has 3 heterocycles. The van der Waals surface area contributed by atoms with E-state index in [0.717, 1.165) is 11.3 Å². The van der Waals surface area contributed by atoms with Crippen molar-refractivity contribution < 1.29 is 17.9 Å². The molecule has 2 aliphatic rings.